The zero-order valence-electron chi connectivity index (χ0n) is 21.8. The number of esters is 1. The number of aliphatic hydroxyl groups is 1. The largest absolute Gasteiger partial charge is 0.469 e. The van der Waals surface area contributed by atoms with Gasteiger partial charge < -0.3 is 19.7 Å². The Morgan fingerprint density at radius 3 is 2.82 bits per heavy atom. The highest BCUT2D eigenvalue weighted by Crippen LogP contribution is 2.47. The predicted octanol–water partition coefficient (Wildman–Crippen LogP) is 5.26. The van der Waals surface area contributed by atoms with Gasteiger partial charge in [0.1, 0.15) is 0 Å². The van der Waals surface area contributed by atoms with E-state index in [-0.39, 0.29) is 23.8 Å². The summed E-state index contributed by atoms with van der Waals surface area (Å²) < 4.78 is 7.16. The summed E-state index contributed by atoms with van der Waals surface area (Å²) in [5.74, 6) is -0.800. The van der Waals surface area contributed by atoms with Crippen molar-refractivity contribution in [2.45, 2.75) is 44.4 Å². The van der Waals surface area contributed by atoms with Crippen molar-refractivity contribution >= 4 is 28.5 Å². The molecule has 8 nitrogen and oxygen atoms in total. The first-order valence-electron chi connectivity index (χ1n) is 13.5. The standard InChI is InChI=1S/C30H32ClN5O3/c1-39-30(38)28-23-14-26(35(17-32)15-19(23)9-10-27(28)37)29-22(21-7-2-3-8-24(21)33-29)11-12-36-16-25(34-36)18-5-4-6-20(31)13-18/h2-8,13,16,19,23,26-28,33-34,37H,9-12,14-15H2,1H3/t19-,23-,26-,27-,28+/m0/s1. The molecule has 39 heavy (non-hydrogen) atoms. The lowest BCUT2D eigenvalue weighted by Crippen LogP contribution is -2.51. The van der Waals surface area contributed by atoms with Gasteiger partial charge in [-0.1, -0.05) is 41.9 Å². The second-order valence-corrected chi connectivity index (χ2v) is 11.2. The minimum atomic E-state index is -0.715. The maximum absolute atomic E-state index is 12.7. The Bertz CT molecular complexity index is 1520. The first-order chi connectivity index (χ1) is 19.0. The molecule has 3 heterocycles. The van der Waals surface area contributed by atoms with E-state index in [9.17, 15) is 15.2 Å². The SMILES string of the molecule is COC(=O)[C@@H]1[C@H]2C[C@@H](c3[nH]c4ccccc4c3CCn3cc(-c4cccc(Cl)c4)[nH]3)N(C#N)C[C@@H]2CC[C@@H]1O. The van der Waals surface area contributed by atoms with E-state index < -0.39 is 12.0 Å². The van der Waals surface area contributed by atoms with Crippen LogP contribution < -0.4 is 0 Å². The fourth-order valence-electron chi connectivity index (χ4n) is 6.77. The van der Waals surface area contributed by atoms with Gasteiger partial charge in [-0.3, -0.25) is 14.6 Å². The molecule has 3 N–H and O–H groups in total. The molecule has 2 fully saturated rings. The lowest BCUT2D eigenvalue weighted by molar-refractivity contribution is -0.159. The van der Waals surface area contributed by atoms with E-state index in [1.54, 1.807) is 0 Å². The maximum atomic E-state index is 12.7. The molecule has 0 unspecified atom stereocenters. The third-order valence-corrected chi connectivity index (χ3v) is 8.92. The lowest BCUT2D eigenvalue weighted by atomic mass is 9.65. The summed E-state index contributed by atoms with van der Waals surface area (Å²) in [6.07, 6.45) is 6.52. The highest BCUT2D eigenvalue weighted by atomic mass is 35.5. The van der Waals surface area contributed by atoms with E-state index in [4.69, 9.17) is 16.3 Å². The quantitative estimate of drug-likeness (QED) is 0.226. The predicted molar refractivity (Wildman–Crippen MR) is 149 cm³/mol. The highest BCUT2D eigenvalue weighted by Gasteiger charge is 2.49. The first kappa shape index (κ1) is 25.6. The second kappa shape index (κ2) is 10.5. The summed E-state index contributed by atoms with van der Waals surface area (Å²) in [5, 5.41) is 26.1. The molecule has 0 bridgehead atoms. The molecule has 5 atom stereocenters. The number of piperidine rings is 1. The van der Waals surface area contributed by atoms with Crippen molar-refractivity contribution in [1.29, 1.82) is 5.26 Å². The Hall–Kier alpha value is -3.67. The van der Waals surface area contributed by atoms with Crippen molar-refractivity contribution in [3.05, 3.63) is 71.0 Å². The number of nitrogens with one attached hydrogen (secondary N) is 2. The number of para-hydroxylation sites is 1. The van der Waals surface area contributed by atoms with Crippen molar-refractivity contribution in [3.63, 3.8) is 0 Å². The van der Waals surface area contributed by atoms with Crippen LogP contribution in [0.4, 0.5) is 0 Å². The molecule has 1 saturated heterocycles. The maximum Gasteiger partial charge on any atom is 0.311 e. The Labute approximate surface area is 232 Å². The van der Waals surface area contributed by atoms with E-state index in [0.717, 1.165) is 47.2 Å². The fourth-order valence-corrected chi connectivity index (χ4v) is 6.96. The number of nitrogens with zero attached hydrogens (tertiary/aromatic N) is 3. The van der Waals surface area contributed by atoms with Gasteiger partial charge in [0.15, 0.2) is 6.19 Å². The molecular formula is C30H32ClN5O3. The molecule has 2 aromatic carbocycles. The number of aromatic nitrogens is 3. The molecule has 1 aliphatic heterocycles. The van der Waals surface area contributed by atoms with E-state index in [1.165, 1.54) is 12.7 Å². The molecule has 1 aliphatic carbocycles. The number of aryl methyl sites for hydroxylation is 2. The number of carbonyl (C=O) groups excluding carboxylic acids is 1. The Kier molecular flexibility index (Phi) is 6.88. The number of rotatable bonds is 6. The average molecular weight is 546 g/mol. The number of likely N-dealkylation sites (tertiary alicyclic amines) is 1. The molecule has 0 radical (unpaired) electrons. The molecule has 9 heteroatoms. The number of hydrogen-bond donors (Lipinski definition) is 3. The van der Waals surface area contributed by atoms with Gasteiger partial charge >= 0.3 is 5.97 Å². The van der Waals surface area contributed by atoms with E-state index in [0.29, 0.717) is 24.4 Å². The van der Waals surface area contributed by atoms with Crippen LogP contribution in [0.5, 0.6) is 0 Å². The van der Waals surface area contributed by atoms with E-state index in [1.807, 2.05) is 41.3 Å². The zero-order valence-corrected chi connectivity index (χ0v) is 22.6. The van der Waals surface area contributed by atoms with Crippen LogP contribution in [-0.2, 0) is 22.5 Å². The average Bonchev–Trinajstić information content (AvgIpc) is 3.29. The lowest BCUT2D eigenvalue weighted by Gasteiger charge is -2.47. The van der Waals surface area contributed by atoms with E-state index in [2.05, 4.69) is 39.3 Å². The van der Waals surface area contributed by atoms with Crippen LogP contribution in [0.15, 0.2) is 54.7 Å². The molecule has 4 aromatic rings. The van der Waals surface area contributed by atoms with Gasteiger partial charge in [0, 0.05) is 46.5 Å². The number of methoxy groups -OCH3 is 1. The number of ether oxygens (including phenoxy) is 1. The third kappa shape index (κ3) is 4.70. The number of H-pyrrole nitrogens is 2. The number of benzene rings is 2. The van der Waals surface area contributed by atoms with Crippen LogP contribution in [0.3, 0.4) is 0 Å². The van der Waals surface area contributed by atoms with Gasteiger partial charge in [0.2, 0.25) is 0 Å². The van der Waals surface area contributed by atoms with Crippen LogP contribution in [0, 0.1) is 29.2 Å². The van der Waals surface area contributed by atoms with Crippen LogP contribution >= 0.6 is 11.6 Å². The summed E-state index contributed by atoms with van der Waals surface area (Å²) in [4.78, 5) is 18.2. The minimum absolute atomic E-state index is 0.0460. The van der Waals surface area contributed by atoms with Gasteiger partial charge in [-0.05, 0) is 61.3 Å². The highest BCUT2D eigenvalue weighted by molar-refractivity contribution is 6.30. The topological polar surface area (TPSA) is 110 Å². The van der Waals surface area contributed by atoms with Crippen molar-refractivity contribution in [1.82, 2.24) is 19.7 Å². The minimum Gasteiger partial charge on any atom is -0.469 e. The zero-order chi connectivity index (χ0) is 27.1. The molecule has 1 saturated carbocycles. The van der Waals surface area contributed by atoms with Gasteiger partial charge in [-0.15, -0.1) is 0 Å². The summed E-state index contributed by atoms with van der Waals surface area (Å²) in [5.41, 5.74) is 5.28. The number of hydrogen-bond acceptors (Lipinski definition) is 5. The Balaban J connectivity index is 1.30. The van der Waals surface area contributed by atoms with Crippen LogP contribution in [0.2, 0.25) is 5.02 Å². The normalized spacial score (nSPS) is 24.9. The third-order valence-electron chi connectivity index (χ3n) is 8.69. The molecular weight excluding hydrogens is 514 g/mol. The fraction of sp³-hybridized carbons (Fsp3) is 0.400. The van der Waals surface area contributed by atoms with Gasteiger partial charge in [0.25, 0.3) is 0 Å². The molecule has 0 amide bonds. The van der Waals surface area contributed by atoms with Crippen LogP contribution in [-0.4, -0.2) is 50.5 Å². The van der Waals surface area contributed by atoms with Gasteiger partial charge in [-0.2, -0.15) is 5.26 Å². The Morgan fingerprint density at radius 2 is 2.05 bits per heavy atom. The number of carbonyl (C=O) groups is 1. The summed E-state index contributed by atoms with van der Waals surface area (Å²) in [6.45, 7) is 1.31. The molecule has 202 valence electrons. The smallest absolute Gasteiger partial charge is 0.311 e. The molecule has 6 rings (SSSR count). The number of halogens is 1. The van der Waals surface area contributed by atoms with Crippen molar-refractivity contribution in [3.8, 4) is 17.5 Å². The summed E-state index contributed by atoms with van der Waals surface area (Å²) >= 11 is 6.15. The van der Waals surface area contributed by atoms with E-state index >= 15 is 0 Å². The molecule has 0 spiro atoms. The van der Waals surface area contributed by atoms with Crippen molar-refractivity contribution in [2.75, 3.05) is 13.7 Å². The summed E-state index contributed by atoms with van der Waals surface area (Å²) in [7, 11) is 1.38. The van der Waals surface area contributed by atoms with Crippen LogP contribution in [0.25, 0.3) is 22.2 Å². The number of nitriles is 1. The van der Waals surface area contributed by atoms with Gasteiger partial charge in [0.05, 0.1) is 30.9 Å². The number of aliphatic hydroxyl groups excluding tert-OH is 1. The first-order valence-corrected chi connectivity index (χ1v) is 13.9. The number of aromatic amines is 2. The molecule has 2 aromatic heterocycles. The van der Waals surface area contributed by atoms with Crippen molar-refractivity contribution < 1.29 is 14.6 Å². The van der Waals surface area contributed by atoms with Crippen LogP contribution in [0.1, 0.15) is 36.6 Å². The monoisotopic (exact) mass is 545 g/mol. The summed E-state index contributed by atoms with van der Waals surface area (Å²) in [6, 6.07) is 15.8. The van der Waals surface area contributed by atoms with Gasteiger partial charge in [-0.25, -0.2) is 0 Å². The second-order valence-electron chi connectivity index (χ2n) is 10.8. The number of fused-ring (bicyclic) bond motifs is 2. The van der Waals surface area contributed by atoms with Crippen molar-refractivity contribution in [2.24, 2.45) is 17.8 Å². The Morgan fingerprint density at radius 1 is 1.23 bits per heavy atom. The molecule has 2 aliphatic rings.